The molecular formula is C10H13ClO3S. The largest absolute Gasteiger partial charge is 0.392 e. The van der Waals surface area contributed by atoms with Crippen molar-refractivity contribution in [2.45, 2.75) is 24.3 Å². The highest BCUT2D eigenvalue weighted by atomic mass is 35.5. The fourth-order valence-corrected chi connectivity index (χ4v) is 2.72. The smallest absolute Gasteiger partial charge is 0.180 e. The van der Waals surface area contributed by atoms with Gasteiger partial charge in [-0.05, 0) is 30.7 Å². The first-order valence-electron chi connectivity index (χ1n) is 4.62. The first-order valence-corrected chi connectivity index (χ1v) is 6.65. The molecule has 1 N–H and O–H groups in total. The van der Waals surface area contributed by atoms with Crippen LogP contribution in [-0.2, 0) is 9.84 Å². The van der Waals surface area contributed by atoms with Gasteiger partial charge in [-0.25, -0.2) is 8.42 Å². The number of halogens is 1. The van der Waals surface area contributed by atoms with E-state index in [2.05, 4.69) is 0 Å². The monoisotopic (exact) mass is 248 g/mol. The molecule has 1 atom stereocenters. The van der Waals surface area contributed by atoms with Crippen molar-refractivity contribution in [2.24, 2.45) is 0 Å². The van der Waals surface area contributed by atoms with Gasteiger partial charge in [0.1, 0.15) is 0 Å². The van der Waals surface area contributed by atoms with E-state index in [-0.39, 0.29) is 10.6 Å². The zero-order valence-corrected chi connectivity index (χ0v) is 9.92. The van der Waals surface area contributed by atoms with Gasteiger partial charge in [0.2, 0.25) is 0 Å². The van der Waals surface area contributed by atoms with E-state index in [0.29, 0.717) is 11.4 Å². The van der Waals surface area contributed by atoms with Crippen LogP contribution < -0.4 is 0 Å². The van der Waals surface area contributed by atoms with Gasteiger partial charge in [0, 0.05) is 5.02 Å². The molecule has 0 aliphatic heterocycles. The van der Waals surface area contributed by atoms with E-state index in [1.807, 2.05) is 0 Å². The Hall–Kier alpha value is -0.580. The van der Waals surface area contributed by atoms with Crippen molar-refractivity contribution < 1.29 is 13.5 Å². The molecule has 0 spiro atoms. The third-order valence-electron chi connectivity index (χ3n) is 2.06. The maximum atomic E-state index is 11.7. The zero-order chi connectivity index (χ0) is 11.5. The molecule has 0 aliphatic rings. The van der Waals surface area contributed by atoms with Crippen LogP contribution in [0, 0.1) is 0 Å². The number of hydrogen-bond donors (Lipinski definition) is 1. The average Bonchev–Trinajstić information content (AvgIpc) is 2.17. The molecule has 0 saturated carbocycles. The van der Waals surface area contributed by atoms with Crippen LogP contribution in [0.15, 0.2) is 29.2 Å². The molecule has 0 bridgehead atoms. The Kier molecular flexibility index (Phi) is 4.13. The van der Waals surface area contributed by atoms with E-state index in [4.69, 9.17) is 11.6 Å². The van der Waals surface area contributed by atoms with Crippen molar-refractivity contribution in [3.05, 3.63) is 29.3 Å². The number of rotatable bonds is 4. The lowest BCUT2D eigenvalue weighted by molar-refractivity contribution is 0.193. The molecular weight excluding hydrogens is 236 g/mol. The van der Waals surface area contributed by atoms with E-state index in [0.717, 1.165) is 0 Å². The van der Waals surface area contributed by atoms with E-state index < -0.39 is 15.9 Å². The number of aliphatic hydroxyl groups is 1. The fourth-order valence-electron chi connectivity index (χ4n) is 1.11. The maximum Gasteiger partial charge on any atom is 0.180 e. The Morgan fingerprint density at radius 2 is 1.87 bits per heavy atom. The summed E-state index contributed by atoms with van der Waals surface area (Å²) in [6, 6.07) is 5.93. The minimum Gasteiger partial charge on any atom is -0.392 e. The van der Waals surface area contributed by atoms with Crippen LogP contribution in [0.1, 0.15) is 13.3 Å². The summed E-state index contributed by atoms with van der Waals surface area (Å²) >= 11 is 5.65. The highest BCUT2D eigenvalue weighted by Gasteiger charge is 2.18. The van der Waals surface area contributed by atoms with Gasteiger partial charge in [0.05, 0.1) is 16.8 Å². The van der Waals surface area contributed by atoms with E-state index in [9.17, 15) is 13.5 Å². The predicted molar refractivity (Wildman–Crippen MR) is 59.8 cm³/mol. The summed E-state index contributed by atoms with van der Waals surface area (Å²) < 4.78 is 23.4. The van der Waals surface area contributed by atoms with Gasteiger partial charge in [-0.3, -0.25) is 0 Å². The Balaban J connectivity index is 2.91. The molecule has 5 heteroatoms. The molecule has 3 nitrogen and oxygen atoms in total. The van der Waals surface area contributed by atoms with E-state index >= 15 is 0 Å². The van der Waals surface area contributed by atoms with Crippen LogP contribution in [0.4, 0.5) is 0 Å². The Labute approximate surface area is 94.6 Å². The standard InChI is InChI=1S/C10H13ClO3S/c1-2-9(12)7-15(13,14)10-5-3-8(11)4-6-10/h3-6,9,12H,2,7H2,1H3. The Bertz CT molecular complexity index is 411. The first kappa shape index (κ1) is 12.5. The second kappa shape index (κ2) is 4.96. The molecule has 0 amide bonds. The minimum absolute atomic E-state index is 0.194. The highest BCUT2D eigenvalue weighted by molar-refractivity contribution is 7.91. The molecule has 0 aliphatic carbocycles. The maximum absolute atomic E-state index is 11.7. The van der Waals surface area contributed by atoms with Crippen molar-refractivity contribution >= 4 is 21.4 Å². The molecule has 0 aromatic heterocycles. The lowest BCUT2D eigenvalue weighted by Gasteiger charge is -2.08. The van der Waals surface area contributed by atoms with E-state index in [1.54, 1.807) is 6.92 Å². The summed E-state index contributed by atoms with van der Waals surface area (Å²) in [5.74, 6) is -0.245. The van der Waals surface area contributed by atoms with Crippen LogP contribution in [0.5, 0.6) is 0 Å². The van der Waals surface area contributed by atoms with Crippen LogP contribution in [0.2, 0.25) is 5.02 Å². The Morgan fingerprint density at radius 3 is 2.33 bits per heavy atom. The number of sulfone groups is 1. The quantitative estimate of drug-likeness (QED) is 0.885. The molecule has 0 heterocycles. The second-order valence-electron chi connectivity index (χ2n) is 3.30. The second-order valence-corrected chi connectivity index (χ2v) is 5.77. The minimum atomic E-state index is -3.40. The van der Waals surface area contributed by atoms with Crippen molar-refractivity contribution in [2.75, 3.05) is 5.75 Å². The fraction of sp³-hybridized carbons (Fsp3) is 0.400. The zero-order valence-electron chi connectivity index (χ0n) is 8.35. The molecule has 1 unspecified atom stereocenters. The number of benzene rings is 1. The van der Waals surface area contributed by atoms with Gasteiger partial charge in [-0.1, -0.05) is 18.5 Å². The van der Waals surface area contributed by atoms with Crippen molar-refractivity contribution in [1.82, 2.24) is 0 Å². The molecule has 0 fully saturated rings. The third kappa shape index (κ3) is 3.48. The molecule has 1 aromatic carbocycles. The summed E-state index contributed by atoms with van der Waals surface area (Å²) in [4.78, 5) is 0.194. The normalized spacial score (nSPS) is 13.8. The summed E-state index contributed by atoms with van der Waals surface area (Å²) in [6.07, 6.45) is -0.391. The van der Waals surface area contributed by atoms with Crippen molar-refractivity contribution in [3.63, 3.8) is 0 Å². The molecule has 0 saturated heterocycles. The van der Waals surface area contributed by atoms with Gasteiger partial charge in [-0.15, -0.1) is 0 Å². The van der Waals surface area contributed by atoms with Crippen LogP contribution in [0.3, 0.4) is 0 Å². The predicted octanol–water partition coefficient (Wildman–Crippen LogP) is 1.88. The van der Waals surface area contributed by atoms with Crippen molar-refractivity contribution in [3.8, 4) is 0 Å². The number of hydrogen-bond acceptors (Lipinski definition) is 3. The third-order valence-corrected chi connectivity index (χ3v) is 4.12. The summed E-state index contributed by atoms with van der Waals surface area (Å²) in [5, 5.41) is 9.79. The van der Waals surface area contributed by atoms with Gasteiger partial charge >= 0.3 is 0 Å². The van der Waals surface area contributed by atoms with Gasteiger partial charge in [0.25, 0.3) is 0 Å². The topological polar surface area (TPSA) is 54.4 Å². The highest BCUT2D eigenvalue weighted by Crippen LogP contribution is 2.16. The first-order chi connectivity index (χ1) is 6.95. The molecule has 84 valence electrons. The average molecular weight is 249 g/mol. The lowest BCUT2D eigenvalue weighted by atomic mass is 10.3. The number of aliphatic hydroxyl groups excluding tert-OH is 1. The molecule has 1 aromatic rings. The summed E-state index contributed by atoms with van der Waals surface area (Å²) in [7, 11) is -3.40. The van der Waals surface area contributed by atoms with E-state index in [1.165, 1.54) is 24.3 Å². The molecule has 0 radical (unpaired) electrons. The lowest BCUT2D eigenvalue weighted by Crippen LogP contribution is -2.19. The van der Waals surface area contributed by atoms with Gasteiger partial charge < -0.3 is 5.11 Å². The molecule has 1 rings (SSSR count). The van der Waals surface area contributed by atoms with Crippen molar-refractivity contribution in [1.29, 1.82) is 0 Å². The van der Waals surface area contributed by atoms with Gasteiger partial charge in [0.15, 0.2) is 9.84 Å². The Morgan fingerprint density at radius 1 is 1.33 bits per heavy atom. The van der Waals surface area contributed by atoms with Crippen LogP contribution in [0.25, 0.3) is 0 Å². The van der Waals surface area contributed by atoms with Crippen LogP contribution >= 0.6 is 11.6 Å². The van der Waals surface area contributed by atoms with Gasteiger partial charge in [-0.2, -0.15) is 0 Å². The summed E-state index contributed by atoms with van der Waals surface area (Å²) in [6.45, 7) is 1.74. The van der Waals surface area contributed by atoms with Crippen LogP contribution in [-0.4, -0.2) is 25.4 Å². The SMILES string of the molecule is CCC(O)CS(=O)(=O)c1ccc(Cl)cc1. The molecule has 15 heavy (non-hydrogen) atoms. The summed E-state index contributed by atoms with van der Waals surface area (Å²) in [5.41, 5.74) is 0.